The summed E-state index contributed by atoms with van der Waals surface area (Å²) < 4.78 is 21.3. The maximum Gasteiger partial charge on any atom is 0.339 e. The highest BCUT2D eigenvalue weighted by Crippen LogP contribution is 2.44. The van der Waals surface area contributed by atoms with E-state index in [-0.39, 0.29) is 16.9 Å². The topological polar surface area (TPSA) is 105 Å². The molecule has 8 nitrogen and oxygen atoms in total. The molecule has 0 atom stereocenters. The smallest absolute Gasteiger partial charge is 0.339 e. The van der Waals surface area contributed by atoms with E-state index in [1.807, 2.05) is 0 Å². The fourth-order valence-corrected chi connectivity index (χ4v) is 7.66. The predicted octanol–water partition coefficient (Wildman–Crippen LogP) is 7.72. The van der Waals surface area contributed by atoms with E-state index in [4.69, 9.17) is 27.1 Å². The molecule has 0 aliphatic heterocycles. The van der Waals surface area contributed by atoms with Gasteiger partial charge in [-0.15, -0.1) is 12.8 Å². The van der Waals surface area contributed by atoms with Crippen molar-refractivity contribution in [1.29, 1.82) is 0 Å². The van der Waals surface area contributed by atoms with Gasteiger partial charge >= 0.3 is 23.9 Å². The van der Waals surface area contributed by atoms with Crippen LogP contribution in [0.15, 0.2) is 30.9 Å². The molecule has 0 radical (unpaired) electrons. The van der Waals surface area contributed by atoms with Gasteiger partial charge in [-0.25, -0.2) is 9.59 Å². The van der Waals surface area contributed by atoms with Gasteiger partial charge in [0.05, 0.1) is 23.0 Å². The molecule has 0 unspecified atom stereocenters. The van der Waals surface area contributed by atoms with Crippen LogP contribution in [0, 0.1) is 54.3 Å². The minimum absolute atomic E-state index is 0.178. The molecule has 0 N–H and O–H groups in total. The Morgan fingerprint density at radius 1 is 0.875 bits per heavy atom. The van der Waals surface area contributed by atoms with Gasteiger partial charge in [-0.05, 0) is 100 Å². The third-order valence-electron chi connectivity index (χ3n) is 10.7. The average molecular weight is 659 g/mol. The first kappa shape index (κ1) is 36.8. The molecule has 3 fully saturated rings. The van der Waals surface area contributed by atoms with Crippen molar-refractivity contribution in [2.45, 2.75) is 115 Å². The van der Waals surface area contributed by atoms with Crippen molar-refractivity contribution in [3.8, 4) is 30.4 Å². The molecule has 0 spiro atoms. The lowest BCUT2D eigenvalue weighted by molar-refractivity contribution is -0.169. The van der Waals surface area contributed by atoms with E-state index >= 15 is 0 Å². The van der Waals surface area contributed by atoms with Crippen LogP contribution in [-0.2, 0) is 28.6 Å². The van der Waals surface area contributed by atoms with Gasteiger partial charge in [0.25, 0.3) is 0 Å². The summed E-state index contributed by atoms with van der Waals surface area (Å²) >= 11 is 0. The molecule has 4 rings (SSSR count). The highest BCUT2D eigenvalue weighted by Gasteiger charge is 2.40. The Balaban J connectivity index is 1.25. The lowest BCUT2D eigenvalue weighted by Gasteiger charge is -2.41. The molecular weight excluding hydrogens is 608 g/mol. The second-order valence-corrected chi connectivity index (χ2v) is 13.7. The van der Waals surface area contributed by atoms with Gasteiger partial charge in [0.1, 0.15) is 5.75 Å². The first-order valence-electron chi connectivity index (χ1n) is 17.7. The number of hydrogen-bond donors (Lipinski definition) is 0. The normalized spacial score (nSPS) is 26.9. The fourth-order valence-electron chi connectivity index (χ4n) is 7.66. The molecule has 1 aromatic rings. The molecule has 48 heavy (non-hydrogen) atoms. The Bertz CT molecular complexity index is 1370. The zero-order valence-corrected chi connectivity index (χ0v) is 28.3. The van der Waals surface area contributed by atoms with Crippen LogP contribution in [0.25, 0.3) is 0 Å². The van der Waals surface area contributed by atoms with Crippen LogP contribution >= 0.6 is 0 Å². The summed E-state index contributed by atoms with van der Waals surface area (Å²) in [6.07, 6.45) is 28.2. The Hall–Kier alpha value is -4.04. The molecule has 3 aliphatic rings. The first-order valence-corrected chi connectivity index (χ1v) is 17.7. The van der Waals surface area contributed by atoms with Gasteiger partial charge in [-0.3, -0.25) is 9.59 Å². The van der Waals surface area contributed by atoms with E-state index < -0.39 is 48.1 Å². The van der Waals surface area contributed by atoms with Crippen LogP contribution in [-0.4, -0.2) is 36.3 Å². The molecule has 0 aromatic heterocycles. The lowest BCUT2D eigenvalue weighted by Crippen LogP contribution is -2.39. The molecule has 258 valence electrons. The predicted molar refractivity (Wildman–Crippen MR) is 181 cm³/mol. The van der Waals surface area contributed by atoms with Gasteiger partial charge in [0.2, 0.25) is 6.79 Å². The molecular formula is C40H50O8. The number of ether oxygens (including phenoxy) is 4. The Morgan fingerprint density at radius 3 is 2.12 bits per heavy atom. The third kappa shape index (κ3) is 9.99. The number of carbonyl (C=O) groups is 4. The van der Waals surface area contributed by atoms with Crippen LogP contribution in [0.5, 0.6) is 5.75 Å². The van der Waals surface area contributed by atoms with Crippen molar-refractivity contribution in [1.82, 2.24) is 0 Å². The maximum atomic E-state index is 13.3. The van der Waals surface area contributed by atoms with Crippen molar-refractivity contribution in [2.24, 2.45) is 29.6 Å². The highest BCUT2D eigenvalue weighted by molar-refractivity contribution is 5.91. The number of benzene rings is 1. The molecule has 3 aliphatic carbocycles. The van der Waals surface area contributed by atoms with Crippen molar-refractivity contribution < 1.29 is 38.1 Å². The number of rotatable bonds is 13. The van der Waals surface area contributed by atoms with Crippen LogP contribution in [0.1, 0.15) is 126 Å². The van der Waals surface area contributed by atoms with Gasteiger partial charge in [-0.1, -0.05) is 63.9 Å². The Kier molecular flexibility index (Phi) is 13.7. The minimum Gasteiger partial charge on any atom is -0.442 e. The van der Waals surface area contributed by atoms with Crippen LogP contribution in [0.4, 0.5) is 0 Å². The van der Waals surface area contributed by atoms with Gasteiger partial charge < -0.3 is 18.9 Å². The zero-order chi connectivity index (χ0) is 34.5. The van der Waals surface area contributed by atoms with E-state index in [2.05, 4.69) is 30.1 Å². The second kappa shape index (κ2) is 17.9. The molecule has 0 heterocycles. The molecule has 0 amide bonds. The van der Waals surface area contributed by atoms with Crippen molar-refractivity contribution >= 4 is 23.9 Å². The SMILES string of the molecule is C#Cc1cc(C(=O)OC2(C#C)CCC(C3CCC(CCCCC)CC3)CC2)ccc1OC(=O)C1CCC(C(=O)OCOC(=O)C=C)CC1. The van der Waals surface area contributed by atoms with E-state index in [1.165, 1.54) is 69.6 Å². The summed E-state index contributed by atoms with van der Waals surface area (Å²) in [5.74, 6) is 4.75. The van der Waals surface area contributed by atoms with Crippen molar-refractivity contribution in [2.75, 3.05) is 6.79 Å². The fraction of sp³-hybridized carbons (Fsp3) is 0.600. The molecule has 0 bridgehead atoms. The molecule has 1 aromatic carbocycles. The standard InChI is InChI=1S/C40H50O8/c1-5-9-10-11-28-12-14-30(15-13-28)31-22-24-40(8-4,25-23-31)48-39(44)34-20-21-35(29(6-2)26-34)47-38(43)33-18-16-32(17-19-33)37(42)46-27-45-36(41)7-3/h2,4,7,20-21,26,28,30-33H,3,5,9-19,22-25,27H2,1H3. The summed E-state index contributed by atoms with van der Waals surface area (Å²) in [4.78, 5) is 49.6. The summed E-state index contributed by atoms with van der Waals surface area (Å²) in [7, 11) is 0. The van der Waals surface area contributed by atoms with E-state index in [0.717, 1.165) is 30.8 Å². The van der Waals surface area contributed by atoms with E-state index in [0.29, 0.717) is 44.4 Å². The third-order valence-corrected chi connectivity index (χ3v) is 10.7. The van der Waals surface area contributed by atoms with Crippen LogP contribution in [0.3, 0.4) is 0 Å². The van der Waals surface area contributed by atoms with Crippen LogP contribution in [0.2, 0.25) is 0 Å². The summed E-state index contributed by atoms with van der Waals surface area (Å²) in [6.45, 7) is 5.06. The second-order valence-electron chi connectivity index (χ2n) is 13.7. The van der Waals surface area contributed by atoms with Gasteiger partial charge in [-0.2, -0.15) is 0 Å². The molecule has 3 saturated carbocycles. The van der Waals surface area contributed by atoms with Crippen molar-refractivity contribution in [3.63, 3.8) is 0 Å². The zero-order valence-electron chi connectivity index (χ0n) is 28.3. The first-order chi connectivity index (χ1) is 23.2. The Morgan fingerprint density at radius 2 is 1.52 bits per heavy atom. The number of terminal acetylenes is 2. The minimum atomic E-state index is -0.937. The van der Waals surface area contributed by atoms with E-state index in [1.54, 1.807) is 0 Å². The average Bonchev–Trinajstić information content (AvgIpc) is 3.12. The number of unbranched alkanes of at least 4 members (excludes halogenated alkanes) is 2. The lowest BCUT2D eigenvalue weighted by atomic mass is 9.67. The quantitative estimate of drug-likeness (QED) is 0.0530. The molecule has 8 heteroatoms. The number of esters is 4. The summed E-state index contributed by atoms with van der Waals surface area (Å²) in [5, 5.41) is 0. The van der Waals surface area contributed by atoms with E-state index in [9.17, 15) is 19.2 Å². The van der Waals surface area contributed by atoms with Gasteiger partial charge in [0.15, 0.2) is 5.60 Å². The van der Waals surface area contributed by atoms with Crippen LogP contribution < -0.4 is 4.74 Å². The maximum absolute atomic E-state index is 13.3. The van der Waals surface area contributed by atoms with Gasteiger partial charge in [0, 0.05) is 6.08 Å². The highest BCUT2D eigenvalue weighted by atomic mass is 16.7. The monoisotopic (exact) mass is 658 g/mol. The molecule has 0 saturated heterocycles. The largest absolute Gasteiger partial charge is 0.442 e. The summed E-state index contributed by atoms with van der Waals surface area (Å²) in [5.41, 5.74) is -0.431. The summed E-state index contributed by atoms with van der Waals surface area (Å²) in [6, 6.07) is 4.54. The number of carbonyl (C=O) groups excluding carboxylic acids is 4. The Labute approximate surface area is 285 Å². The van der Waals surface area contributed by atoms with Crippen molar-refractivity contribution in [3.05, 3.63) is 42.0 Å². The number of hydrogen-bond acceptors (Lipinski definition) is 8.